The molecule has 0 bridgehead atoms. The standard InChI is InChI=1S/C20H25N5O2/c1-13-5-4-6-15-19(13)25-18(24-15)12-23-20(21)22-10-9-14-7-8-16(26-2)17(11-14)27-3/h4-8,11H,9-10,12H2,1-3H3,(H,24,25)(H3,21,22,23). The minimum Gasteiger partial charge on any atom is -0.493 e. The number of hydrogen-bond acceptors (Lipinski definition) is 4. The first-order chi connectivity index (χ1) is 13.1. The van der Waals surface area contributed by atoms with Crippen molar-refractivity contribution in [1.82, 2.24) is 15.3 Å². The van der Waals surface area contributed by atoms with Gasteiger partial charge in [-0.1, -0.05) is 18.2 Å². The van der Waals surface area contributed by atoms with E-state index in [0.717, 1.165) is 45.9 Å². The Morgan fingerprint density at radius 1 is 1.19 bits per heavy atom. The molecular formula is C20H25N5O2. The number of aromatic nitrogens is 2. The van der Waals surface area contributed by atoms with Gasteiger partial charge in [0.2, 0.25) is 0 Å². The lowest BCUT2D eigenvalue weighted by Crippen LogP contribution is -2.33. The van der Waals surface area contributed by atoms with Gasteiger partial charge in [-0.2, -0.15) is 0 Å². The number of aryl methyl sites for hydroxylation is 1. The Bertz CT molecular complexity index is 949. The number of hydrogen-bond donors (Lipinski definition) is 3. The van der Waals surface area contributed by atoms with Crippen molar-refractivity contribution < 1.29 is 9.47 Å². The van der Waals surface area contributed by atoms with E-state index in [1.807, 2.05) is 43.3 Å². The van der Waals surface area contributed by atoms with E-state index < -0.39 is 0 Å². The summed E-state index contributed by atoms with van der Waals surface area (Å²) in [4.78, 5) is 12.2. The second kappa shape index (κ2) is 8.44. The fourth-order valence-corrected chi connectivity index (χ4v) is 2.89. The molecule has 7 nitrogen and oxygen atoms in total. The van der Waals surface area contributed by atoms with E-state index in [4.69, 9.17) is 15.2 Å². The molecule has 0 saturated heterocycles. The fourth-order valence-electron chi connectivity index (χ4n) is 2.89. The second-order valence-corrected chi connectivity index (χ2v) is 6.22. The first kappa shape index (κ1) is 18.6. The van der Waals surface area contributed by atoms with Crippen molar-refractivity contribution in [3.05, 3.63) is 53.3 Å². The third-order valence-electron chi connectivity index (χ3n) is 4.33. The average Bonchev–Trinajstić information content (AvgIpc) is 3.11. The number of para-hydroxylation sites is 1. The highest BCUT2D eigenvalue weighted by Crippen LogP contribution is 2.27. The lowest BCUT2D eigenvalue weighted by atomic mass is 10.1. The highest BCUT2D eigenvalue weighted by molar-refractivity contribution is 5.79. The van der Waals surface area contributed by atoms with Gasteiger partial charge < -0.3 is 25.5 Å². The summed E-state index contributed by atoms with van der Waals surface area (Å²) in [5.41, 5.74) is 10.2. The third kappa shape index (κ3) is 4.49. The molecule has 2 aromatic carbocycles. The maximum Gasteiger partial charge on any atom is 0.189 e. The van der Waals surface area contributed by atoms with Gasteiger partial charge in [0.05, 0.1) is 25.3 Å². The molecule has 0 aliphatic rings. The predicted octanol–water partition coefficient (Wildman–Crippen LogP) is 2.54. The van der Waals surface area contributed by atoms with Crippen molar-refractivity contribution in [3.63, 3.8) is 0 Å². The predicted molar refractivity (Wildman–Crippen MR) is 107 cm³/mol. The number of fused-ring (bicyclic) bond motifs is 1. The molecule has 1 heterocycles. The van der Waals surface area contributed by atoms with Gasteiger partial charge in [-0.05, 0) is 42.7 Å². The molecule has 0 saturated carbocycles. The van der Waals surface area contributed by atoms with Gasteiger partial charge in [-0.3, -0.25) is 0 Å². The number of guanidine groups is 1. The molecular weight excluding hydrogens is 342 g/mol. The summed E-state index contributed by atoms with van der Waals surface area (Å²) in [6, 6.07) is 11.9. The van der Waals surface area contributed by atoms with Crippen molar-refractivity contribution >= 4 is 17.0 Å². The van der Waals surface area contributed by atoms with Crippen molar-refractivity contribution in [3.8, 4) is 11.5 Å². The zero-order valence-electron chi connectivity index (χ0n) is 15.9. The zero-order valence-corrected chi connectivity index (χ0v) is 15.9. The first-order valence-corrected chi connectivity index (χ1v) is 8.79. The van der Waals surface area contributed by atoms with Crippen LogP contribution in [-0.4, -0.2) is 36.7 Å². The lowest BCUT2D eigenvalue weighted by Gasteiger charge is -2.10. The molecule has 0 aliphatic heterocycles. The topological polar surface area (TPSA) is 97.5 Å². The first-order valence-electron chi connectivity index (χ1n) is 8.79. The Balaban J connectivity index is 1.54. The van der Waals surface area contributed by atoms with Crippen LogP contribution < -0.4 is 20.5 Å². The second-order valence-electron chi connectivity index (χ2n) is 6.22. The Morgan fingerprint density at radius 3 is 2.74 bits per heavy atom. The Morgan fingerprint density at radius 2 is 2.00 bits per heavy atom. The van der Waals surface area contributed by atoms with Gasteiger partial charge in [0.1, 0.15) is 12.4 Å². The maximum atomic E-state index is 5.96. The SMILES string of the molecule is COc1ccc(CCNC(N)=NCc2nc3c(C)cccc3[nH]2)cc1OC. The number of nitrogens with one attached hydrogen (secondary N) is 2. The molecule has 7 heteroatoms. The number of nitrogens with two attached hydrogens (primary N) is 1. The van der Waals surface area contributed by atoms with E-state index in [1.165, 1.54) is 0 Å². The van der Waals surface area contributed by atoms with E-state index >= 15 is 0 Å². The normalized spacial score (nSPS) is 11.6. The highest BCUT2D eigenvalue weighted by atomic mass is 16.5. The van der Waals surface area contributed by atoms with Crippen LogP contribution >= 0.6 is 0 Å². The van der Waals surface area contributed by atoms with Crippen LogP contribution in [0.2, 0.25) is 0 Å². The summed E-state index contributed by atoms with van der Waals surface area (Å²) in [5, 5.41) is 3.13. The molecule has 0 amide bonds. The van der Waals surface area contributed by atoms with Crippen molar-refractivity contribution in [1.29, 1.82) is 0 Å². The Labute approximate surface area is 158 Å². The van der Waals surface area contributed by atoms with E-state index in [2.05, 4.69) is 20.3 Å². The van der Waals surface area contributed by atoms with Crippen LogP contribution in [0.1, 0.15) is 17.0 Å². The number of rotatable bonds is 7. The Hall–Kier alpha value is -3.22. The maximum absolute atomic E-state index is 5.96. The monoisotopic (exact) mass is 367 g/mol. The van der Waals surface area contributed by atoms with Gasteiger partial charge in [0.15, 0.2) is 17.5 Å². The molecule has 1 aromatic heterocycles. The summed E-state index contributed by atoms with van der Waals surface area (Å²) in [6.07, 6.45) is 0.792. The van der Waals surface area contributed by atoms with Gasteiger partial charge >= 0.3 is 0 Å². The molecule has 3 aromatic rings. The van der Waals surface area contributed by atoms with Gasteiger partial charge in [0.25, 0.3) is 0 Å². The van der Waals surface area contributed by atoms with Crippen molar-refractivity contribution in [2.45, 2.75) is 19.9 Å². The largest absolute Gasteiger partial charge is 0.493 e. The molecule has 3 rings (SSSR count). The van der Waals surface area contributed by atoms with Crippen LogP contribution in [0.15, 0.2) is 41.4 Å². The van der Waals surface area contributed by atoms with Crippen LogP contribution in [0.4, 0.5) is 0 Å². The molecule has 0 aliphatic carbocycles. The molecule has 27 heavy (non-hydrogen) atoms. The smallest absolute Gasteiger partial charge is 0.189 e. The van der Waals surface area contributed by atoms with E-state index in [1.54, 1.807) is 14.2 Å². The lowest BCUT2D eigenvalue weighted by molar-refractivity contribution is 0.354. The summed E-state index contributed by atoms with van der Waals surface area (Å²) in [7, 11) is 3.25. The minimum absolute atomic E-state index is 0.396. The molecule has 0 unspecified atom stereocenters. The number of imidazole rings is 1. The van der Waals surface area contributed by atoms with Crippen LogP contribution in [0.25, 0.3) is 11.0 Å². The molecule has 142 valence electrons. The summed E-state index contributed by atoms with van der Waals surface area (Å²) >= 11 is 0. The molecule has 4 N–H and O–H groups in total. The van der Waals surface area contributed by atoms with Gasteiger partial charge in [0, 0.05) is 6.54 Å². The molecule has 0 radical (unpaired) electrons. The minimum atomic E-state index is 0.396. The quantitative estimate of drug-likeness (QED) is 0.440. The summed E-state index contributed by atoms with van der Waals surface area (Å²) in [5.74, 6) is 2.63. The molecule has 0 atom stereocenters. The van der Waals surface area contributed by atoms with Gasteiger partial charge in [-0.15, -0.1) is 0 Å². The van der Waals surface area contributed by atoms with Crippen LogP contribution in [0.5, 0.6) is 11.5 Å². The van der Waals surface area contributed by atoms with Crippen LogP contribution in [0, 0.1) is 6.92 Å². The zero-order chi connectivity index (χ0) is 19.2. The summed E-state index contributed by atoms with van der Waals surface area (Å²) in [6.45, 7) is 3.12. The van der Waals surface area contributed by atoms with E-state index in [9.17, 15) is 0 Å². The summed E-state index contributed by atoms with van der Waals surface area (Å²) < 4.78 is 10.6. The number of benzene rings is 2. The highest BCUT2D eigenvalue weighted by Gasteiger charge is 2.06. The molecule has 0 fully saturated rings. The average molecular weight is 367 g/mol. The van der Waals surface area contributed by atoms with Crippen LogP contribution in [0.3, 0.4) is 0 Å². The number of ether oxygens (including phenoxy) is 2. The Kier molecular flexibility index (Phi) is 5.80. The number of methoxy groups -OCH3 is 2. The van der Waals surface area contributed by atoms with Gasteiger partial charge in [-0.25, -0.2) is 9.98 Å². The molecule has 0 spiro atoms. The van der Waals surface area contributed by atoms with E-state index in [0.29, 0.717) is 19.0 Å². The fraction of sp³-hybridized carbons (Fsp3) is 0.300. The number of aliphatic imine (C=N–C) groups is 1. The third-order valence-corrected chi connectivity index (χ3v) is 4.33. The number of H-pyrrole nitrogens is 1. The van der Waals surface area contributed by atoms with Crippen LogP contribution in [-0.2, 0) is 13.0 Å². The van der Waals surface area contributed by atoms with E-state index in [-0.39, 0.29) is 0 Å². The number of aromatic amines is 1. The van der Waals surface area contributed by atoms with Crippen molar-refractivity contribution in [2.24, 2.45) is 10.7 Å². The number of nitrogens with zero attached hydrogens (tertiary/aromatic N) is 2. The van der Waals surface area contributed by atoms with Crippen molar-refractivity contribution in [2.75, 3.05) is 20.8 Å².